The van der Waals surface area contributed by atoms with Crippen molar-refractivity contribution in [3.63, 3.8) is 0 Å². The van der Waals surface area contributed by atoms with E-state index in [0.717, 1.165) is 41.5 Å². The highest BCUT2D eigenvalue weighted by atomic mass is 32.2. The Balaban J connectivity index is 1.61. The average Bonchev–Trinajstić information content (AvgIpc) is 3.08. The van der Waals surface area contributed by atoms with Gasteiger partial charge in [0.25, 0.3) is 0 Å². The summed E-state index contributed by atoms with van der Waals surface area (Å²) in [6, 6.07) is 14.8. The van der Waals surface area contributed by atoms with Gasteiger partial charge in [0.1, 0.15) is 12.6 Å². The molecule has 0 spiro atoms. The number of carbonyl (C=O) groups is 2. The minimum atomic E-state index is -2.24. The van der Waals surface area contributed by atoms with Gasteiger partial charge in [0.15, 0.2) is 11.1 Å². The van der Waals surface area contributed by atoms with Crippen molar-refractivity contribution >= 4 is 23.1 Å². The van der Waals surface area contributed by atoms with Crippen molar-refractivity contribution in [3.05, 3.63) is 59.7 Å². The van der Waals surface area contributed by atoms with E-state index in [9.17, 15) is 18.4 Å². The predicted molar refractivity (Wildman–Crippen MR) is 120 cm³/mol. The molecule has 1 aliphatic rings. The summed E-state index contributed by atoms with van der Waals surface area (Å²) in [6.07, 6.45) is 2.00. The summed E-state index contributed by atoms with van der Waals surface area (Å²) in [5.41, 5.74) is 4.40. The molecule has 3 rings (SSSR count). The molecule has 8 heteroatoms. The number of hydrogen-bond donors (Lipinski definition) is 3. The Bertz CT molecular complexity index is 904. The minimum Gasteiger partial charge on any atom is -0.449 e. The second-order valence-electron chi connectivity index (χ2n) is 7.51. The van der Waals surface area contributed by atoms with Crippen LogP contribution in [-0.2, 0) is 20.6 Å². The van der Waals surface area contributed by atoms with Gasteiger partial charge >= 0.3 is 6.09 Å². The monoisotopic (exact) mass is 444 g/mol. The van der Waals surface area contributed by atoms with E-state index in [0.29, 0.717) is 6.54 Å². The summed E-state index contributed by atoms with van der Waals surface area (Å²) < 4.78 is 25.9. The number of unbranched alkanes of at least 4 members (excludes halogenated alkanes) is 2. The second-order valence-corrected chi connectivity index (χ2v) is 8.49. The molecule has 0 heterocycles. The maximum absolute atomic E-state index is 12.4. The first kappa shape index (κ1) is 23.0. The van der Waals surface area contributed by atoms with E-state index in [2.05, 4.69) is 17.6 Å². The fraction of sp³-hybridized carbons (Fsp3) is 0.391. The number of rotatable bonds is 10. The highest BCUT2D eigenvalue weighted by molar-refractivity contribution is 7.79. The molecular weight excluding hydrogens is 416 g/mol. The van der Waals surface area contributed by atoms with Crippen LogP contribution >= 0.6 is 0 Å². The zero-order valence-corrected chi connectivity index (χ0v) is 18.3. The lowest BCUT2D eigenvalue weighted by Gasteiger charge is -2.19. The van der Waals surface area contributed by atoms with Crippen molar-refractivity contribution in [2.45, 2.75) is 38.1 Å². The average molecular weight is 445 g/mol. The Morgan fingerprint density at radius 1 is 1.06 bits per heavy atom. The molecule has 31 heavy (non-hydrogen) atoms. The number of nitrogens with one attached hydrogen (secondary N) is 2. The van der Waals surface area contributed by atoms with Crippen LogP contribution in [0.1, 0.15) is 43.2 Å². The van der Waals surface area contributed by atoms with E-state index in [-0.39, 0.29) is 12.5 Å². The Kier molecular flexibility index (Phi) is 8.20. The van der Waals surface area contributed by atoms with Gasteiger partial charge < -0.3 is 19.9 Å². The van der Waals surface area contributed by atoms with E-state index in [1.807, 2.05) is 48.5 Å². The third-order valence-electron chi connectivity index (χ3n) is 5.34. The van der Waals surface area contributed by atoms with Crippen LogP contribution < -0.4 is 10.6 Å². The number of fused-ring (bicyclic) bond motifs is 3. The zero-order chi connectivity index (χ0) is 22.2. The molecular formula is C23H28N2O5S. The lowest BCUT2D eigenvalue weighted by molar-refractivity contribution is -0.122. The lowest BCUT2D eigenvalue weighted by Crippen LogP contribution is -2.50. The fourth-order valence-corrected chi connectivity index (χ4v) is 4.34. The van der Waals surface area contributed by atoms with Crippen LogP contribution in [0.15, 0.2) is 48.5 Å². The number of amides is 2. The van der Waals surface area contributed by atoms with E-state index in [1.54, 1.807) is 0 Å². The molecule has 0 aliphatic heterocycles. The smallest absolute Gasteiger partial charge is 0.407 e. The van der Waals surface area contributed by atoms with Crippen molar-refractivity contribution in [1.82, 2.24) is 10.6 Å². The zero-order valence-electron chi connectivity index (χ0n) is 17.5. The highest BCUT2D eigenvalue weighted by Gasteiger charge is 2.30. The van der Waals surface area contributed by atoms with Gasteiger partial charge in [-0.3, -0.25) is 4.79 Å². The molecule has 0 radical (unpaired) electrons. The minimum absolute atomic E-state index is 0.104. The van der Waals surface area contributed by atoms with Crippen LogP contribution in [0.4, 0.5) is 4.79 Å². The molecule has 1 unspecified atom stereocenters. The van der Waals surface area contributed by atoms with Crippen LogP contribution in [0, 0.1) is 0 Å². The van der Waals surface area contributed by atoms with Gasteiger partial charge in [-0.1, -0.05) is 68.3 Å². The van der Waals surface area contributed by atoms with Gasteiger partial charge in [0.05, 0.1) is 5.75 Å². The first-order valence-electron chi connectivity index (χ1n) is 10.5. The number of carbonyl (C=O) groups excluding carboxylic acids is 2. The molecule has 2 atom stereocenters. The lowest BCUT2D eigenvalue weighted by atomic mass is 9.98. The third-order valence-corrected chi connectivity index (χ3v) is 5.96. The molecule has 2 aromatic carbocycles. The summed E-state index contributed by atoms with van der Waals surface area (Å²) in [7, 11) is 0. The van der Waals surface area contributed by atoms with Crippen LogP contribution in [0.5, 0.6) is 0 Å². The Morgan fingerprint density at radius 2 is 1.68 bits per heavy atom. The van der Waals surface area contributed by atoms with Crippen LogP contribution in [0.25, 0.3) is 11.1 Å². The van der Waals surface area contributed by atoms with Crippen molar-refractivity contribution in [2.75, 3.05) is 18.9 Å². The van der Waals surface area contributed by atoms with E-state index in [1.165, 1.54) is 0 Å². The van der Waals surface area contributed by atoms with Crippen LogP contribution in [0.2, 0.25) is 0 Å². The topological polar surface area (TPSA) is 105 Å². The summed E-state index contributed by atoms with van der Waals surface area (Å²) in [6.45, 7) is 2.61. The van der Waals surface area contributed by atoms with Crippen molar-refractivity contribution in [2.24, 2.45) is 0 Å². The van der Waals surface area contributed by atoms with Crippen molar-refractivity contribution in [1.29, 1.82) is 0 Å². The van der Waals surface area contributed by atoms with Gasteiger partial charge in [0.2, 0.25) is 5.91 Å². The number of benzene rings is 2. The maximum Gasteiger partial charge on any atom is 0.407 e. The molecule has 0 aromatic heterocycles. The third kappa shape index (κ3) is 5.92. The first-order valence-corrected chi connectivity index (χ1v) is 11.8. The number of alkyl carbamates (subject to hydrolysis) is 1. The Labute approximate surface area is 184 Å². The number of hydrogen-bond acceptors (Lipinski definition) is 4. The highest BCUT2D eigenvalue weighted by Crippen LogP contribution is 2.44. The molecule has 1 aliphatic carbocycles. The van der Waals surface area contributed by atoms with Gasteiger partial charge in [-0.25, -0.2) is 9.00 Å². The van der Waals surface area contributed by atoms with Crippen LogP contribution in [0.3, 0.4) is 0 Å². The molecule has 3 N–H and O–H groups in total. The van der Waals surface area contributed by atoms with E-state index < -0.39 is 34.9 Å². The quantitative estimate of drug-likeness (QED) is 0.385. The molecule has 166 valence electrons. The molecule has 0 saturated carbocycles. The van der Waals surface area contributed by atoms with Crippen molar-refractivity contribution < 1.29 is 23.1 Å². The summed E-state index contributed by atoms with van der Waals surface area (Å²) >= 11 is -2.24. The first-order chi connectivity index (χ1) is 15.0. The normalized spacial score (nSPS) is 14.3. The SMILES string of the molecule is CCCCCNC(=O)[C@H](CS(=O)O)NC(=O)OCC1c2ccccc2-c2ccccc21. The predicted octanol–water partition coefficient (Wildman–Crippen LogP) is 3.42. The van der Waals surface area contributed by atoms with Crippen LogP contribution in [-0.4, -0.2) is 45.7 Å². The fourth-order valence-electron chi connectivity index (χ4n) is 3.82. The van der Waals surface area contributed by atoms with Crippen molar-refractivity contribution in [3.8, 4) is 11.1 Å². The Hall–Kier alpha value is -2.71. The standard InChI is InChI=1S/C23H28N2O5S/c1-2-3-8-13-24-22(26)21(15-31(28)29)25-23(27)30-14-20-18-11-6-4-9-16(18)17-10-5-7-12-19(17)20/h4-7,9-12,20-21H,2-3,8,13-15H2,1H3,(H,24,26)(H,25,27)(H,28,29)/t21-/m0/s1. The molecule has 2 aromatic rings. The molecule has 2 amide bonds. The summed E-state index contributed by atoms with van der Waals surface area (Å²) in [5.74, 6) is -0.998. The van der Waals surface area contributed by atoms with Gasteiger partial charge in [0, 0.05) is 12.5 Å². The van der Waals surface area contributed by atoms with E-state index in [4.69, 9.17) is 4.74 Å². The maximum atomic E-state index is 12.4. The molecule has 0 fully saturated rings. The summed E-state index contributed by atoms with van der Waals surface area (Å²) in [4.78, 5) is 24.7. The van der Waals surface area contributed by atoms with Gasteiger partial charge in [-0.2, -0.15) is 0 Å². The Morgan fingerprint density at radius 3 is 2.26 bits per heavy atom. The number of ether oxygens (including phenoxy) is 1. The second kappa shape index (κ2) is 11.1. The van der Waals surface area contributed by atoms with E-state index >= 15 is 0 Å². The molecule has 0 bridgehead atoms. The van der Waals surface area contributed by atoms with Gasteiger partial charge in [-0.15, -0.1) is 0 Å². The summed E-state index contributed by atoms with van der Waals surface area (Å²) in [5, 5.41) is 5.13. The largest absolute Gasteiger partial charge is 0.449 e. The molecule has 0 saturated heterocycles. The van der Waals surface area contributed by atoms with Gasteiger partial charge in [-0.05, 0) is 28.7 Å². The molecule has 7 nitrogen and oxygen atoms in total.